The summed E-state index contributed by atoms with van der Waals surface area (Å²) in [5, 5.41) is 0.470. The highest BCUT2D eigenvalue weighted by Gasteiger charge is 2.30. The van der Waals surface area contributed by atoms with Crippen LogP contribution in [0.25, 0.3) is 0 Å². The molecular formula is C12H19N3O2S. The Morgan fingerprint density at radius 1 is 1.33 bits per heavy atom. The van der Waals surface area contributed by atoms with Crippen LogP contribution in [0.3, 0.4) is 0 Å². The van der Waals surface area contributed by atoms with E-state index in [0.29, 0.717) is 11.7 Å². The van der Waals surface area contributed by atoms with Gasteiger partial charge in [-0.15, -0.1) is 0 Å². The summed E-state index contributed by atoms with van der Waals surface area (Å²) in [4.78, 5) is 28.1. The highest BCUT2D eigenvalue weighted by molar-refractivity contribution is 7.98. The van der Waals surface area contributed by atoms with Gasteiger partial charge in [-0.2, -0.15) is 4.98 Å². The molecule has 100 valence electrons. The number of thioether (sulfide) groups is 1. The van der Waals surface area contributed by atoms with E-state index in [-0.39, 0.29) is 11.1 Å². The van der Waals surface area contributed by atoms with Gasteiger partial charge in [0, 0.05) is 13.6 Å². The number of hydrogen-bond acceptors (Lipinski definition) is 4. The molecule has 1 aromatic rings. The van der Waals surface area contributed by atoms with Gasteiger partial charge < -0.3 is 0 Å². The summed E-state index contributed by atoms with van der Waals surface area (Å²) >= 11 is 1.31. The first-order chi connectivity index (χ1) is 8.47. The van der Waals surface area contributed by atoms with Crippen LogP contribution in [0.2, 0.25) is 0 Å². The van der Waals surface area contributed by atoms with Crippen LogP contribution < -0.4 is 11.4 Å². The fourth-order valence-corrected chi connectivity index (χ4v) is 3.17. The van der Waals surface area contributed by atoms with Gasteiger partial charge in [-0.3, -0.25) is 4.57 Å². The van der Waals surface area contributed by atoms with E-state index in [1.165, 1.54) is 33.7 Å². The Balaban J connectivity index is 2.43. The first kappa shape index (κ1) is 13.4. The third-order valence-electron chi connectivity index (χ3n) is 3.76. The normalized spacial score (nSPS) is 18.2. The molecular weight excluding hydrogens is 250 g/mol. The Kier molecular flexibility index (Phi) is 3.66. The van der Waals surface area contributed by atoms with E-state index in [2.05, 4.69) is 11.9 Å². The average molecular weight is 269 g/mol. The van der Waals surface area contributed by atoms with Gasteiger partial charge >= 0.3 is 11.4 Å². The van der Waals surface area contributed by atoms with Crippen LogP contribution in [0, 0.1) is 5.41 Å². The third kappa shape index (κ3) is 2.39. The fourth-order valence-electron chi connectivity index (χ4n) is 2.65. The molecule has 0 aromatic carbocycles. The third-order valence-corrected chi connectivity index (χ3v) is 4.49. The van der Waals surface area contributed by atoms with E-state index < -0.39 is 5.69 Å². The minimum absolute atomic E-state index is 0.0680. The predicted molar refractivity (Wildman–Crippen MR) is 72.1 cm³/mol. The molecule has 0 N–H and O–H groups in total. The van der Waals surface area contributed by atoms with Crippen molar-refractivity contribution >= 4 is 11.8 Å². The van der Waals surface area contributed by atoms with Crippen molar-refractivity contribution in [2.45, 2.75) is 44.3 Å². The lowest BCUT2D eigenvalue weighted by atomic mass is 9.89. The summed E-state index contributed by atoms with van der Waals surface area (Å²) < 4.78 is 2.73. The van der Waals surface area contributed by atoms with Crippen molar-refractivity contribution in [2.24, 2.45) is 12.5 Å². The van der Waals surface area contributed by atoms with Crippen molar-refractivity contribution in [3.8, 4) is 0 Å². The number of aromatic nitrogens is 3. The molecule has 5 nitrogen and oxygen atoms in total. The van der Waals surface area contributed by atoms with Crippen molar-refractivity contribution in [1.82, 2.24) is 14.1 Å². The lowest BCUT2D eigenvalue weighted by Gasteiger charge is -2.23. The van der Waals surface area contributed by atoms with Crippen molar-refractivity contribution in [3.63, 3.8) is 0 Å². The smallest absolute Gasteiger partial charge is 0.275 e. The molecule has 0 aliphatic heterocycles. The van der Waals surface area contributed by atoms with Crippen molar-refractivity contribution in [2.75, 3.05) is 6.26 Å². The van der Waals surface area contributed by atoms with Gasteiger partial charge in [-0.25, -0.2) is 14.2 Å². The van der Waals surface area contributed by atoms with E-state index in [1.807, 2.05) is 6.26 Å². The molecule has 1 aliphatic carbocycles. The van der Waals surface area contributed by atoms with E-state index >= 15 is 0 Å². The lowest BCUT2D eigenvalue weighted by molar-refractivity contribution is 0.265. The van der Waals surface area contributed by atoms with Gasteiger partial charge in [0.05, 0.1) is 0 Å². The molecule has 0 unspecified atom stereocenters. The lowest BCUT2D eigenvalue weighted by Crippen LogP contribution is -2.44. The molecule has 0 amide bonds. The first-order valence-electron chi connectivity index (χ1n) is 6.19. The molecule has 0 bridgehead atoms. The molecule has 1 aromatic heterocycles. The number of rotatable bonds is 3. The maximum absolute atomic E-state index is 12.2. The van der Waals surface area contributed by atoms with Crippen LogP contribution in [-0.2, 0) is 13.6 Å². The van der Waals surface area contributed by atoms with Gasteiger partial charge in [0.15, 0.2) is 5.16 Å². The average Bonchev–Trinajstić information content (AvgIpc) is 2.76. The van der Waals surface area contributed by atoms with Gasteiger partial charge in [0.2, 0.25) is 0 Å². The van der Waals surface area contributed by atoms with Crippen LogP contribution in [0.4, 0.5) is 0 Å². The fraction of sp³-hybridized carbons (Fsp3) is 0.750. The number of nitrogens with zero attached hydrogens (tertiary/aromatic N) is 3. The Bertz CT molecular complexity index is 555. The van der Waals surface area contributed by atoms with Crippen LogP contribution in [0.1, 0.15) is 32.6 Å². The molecule has 0 radical (unpaired) electrons. The second kappa shape index (κ2) is 4.91. The molecule has 6 heteroatoms. The zero-order valence-corrected chi connectivity index (χ0v) is 11.9. The van der Waals surface area contributed by atoms with E-state index in [9.17, 15) is 9.59 Å². The van der Waals surface area contributed by atoms with Gasteiger partial charge in [0.1, 0.15) is 0 Å². The first-order valence-corrected chi connectivity index (χ1v) is 7.41. The molecule has 0 saturated heterocycles. The highest BCUT2D eigenvalue weighted by atomic mass is 32.2. The summed E-state index contributed by atoms with van der Waals surface area (Å²) in [5.41, 5.74) is -0.610. The van der Waals surface area contributed by atoms with Gasteiger partial charge in [-0.1, -0.05) is 31.5 Å². The van der Waals surface area contributed by atoms with E-state index in [4.69, 9.17) is 0 Å². The topological polar surface area (TPSA) is 56.9 Å². The summed E-state index contributed by atoms with van der Waals surface area (Å²) in [7, 11) is 1.66. The summed E-state index contributed by atoms with van der Waals surface area (Å²) in [6, 6.07) is 0. The SMILES string of the molecule is CSc1nc(=O)n(CC2(C)CCCC2)c(=O)n1C. The van der Waals surface area contributed by atoms with E-state index in [1.54, 1.807) is 7.05 Å². The summed E-state index contributed by atoms with van der Waals surface area (Å²) in [6.45, 7) is 2.63. The second-order valence-corrected chi connectivity index (χ2v) is 6.10. The Labute approximate surface area is 110 Å². The van der Waals surface area contributed by atoms with Crippen molar-refractivity contribution in [3.05, 3.63) is 21.0 Å². The number of hydrogen-bond donors (Lipinski definition) is 0. The van der Waals surface area contributed by atoms with Crippen LogP contribution in [0.5, 0.6) is 0 Å². The minimum Gasteiger partial charge on any atom is -0.275 e. The molecule has 0 atom stereocenters. The standard InChI is InChI=1S/C12H19N3O2S/c1-12(6-4-5-7-12)8-15-9(16)13-10(18-3)14(2)11(15)17/h4-8H2,1-3H3. The molecule has 1 aliphatic rings. The Morgan fingerprint density at radius 3 is 2.50 bits per heavy atom. The molecule has 2 rings (SSSR count). The Hall–Kier alpha value is -1.04. The maximum Gasteiger partial charge on any atom is 0.354 e. The maximum atomic E-state index is 12.2. The van der Waals surface area contributed by atoms with Crippen molar-refractivity contribution < 1.29 is 0 Å². The molecule has 0 spiro atoms. The Morgan fingerprint density at radius 2 is 1.94 bits per heavy atom. The van der Waals surface area contributed by atoms with Crippen molar-refractivity contribution in [1.29, 1.82) is 0 Å². The quantitative estimate of drug-likeness (QED) is 0.775. The second-order valence-electron chi connectivity index (χ2n) is 5.33. The molecule has 18 heavy (non-hydrogen) atoms. The molecule has 1 fully saturated rings. The zero-order chi connectivity index (χ0) is 13.3. The largest absolute Gasteiger partial charge is 0.354 e. The zero-order valence-electron chi connectivity index (χ0n) is 11.1. The predicted octanol–water partition coefficient (Wildman–Crippen LogP) is 1.24. The van der Waals surface area contributed by atoms with Crippen LogP contribution in [-0.4, -0.2) is 20.4 Å². The monoisotopic (exact) mass is 269 g/mol. The van der Waals surface area contributed by atoms with Crippen LogP contribution in [0.15, 0.2) is 14.7 Å². The highest BCUT2D eigenvalue weighted by Crippen LogP contribution is 2.38. The summed E-state index contributed by atoms with van der Waals surface area (Å²) in [6.07, 6.45) is 6.33. The molecule has 1 heterocycles. The van der Waals surface area contributed by atoms with Crippen LogP contribution >= 0.6 is 11.8 Å². The van der Waals surface area contributed by atoms with E-state index in [0.717, 1.165) is 12.8 Å². The van der Waals surface area contributed by atoms with Gasteiger partial charge in [0.25, 0.3) is 0 Å². The summed E-state index contributed by atoms with van der Waals surface area (Å²) in [5.74, 6) is 0. The minimum atomic E-state index is -0.421. The molecule has 1 saturated carbocycles. The van der Waals surface area contributed by atoms with Gasteiger partial charge in [-0.05, 0) is 24.5 Å².